The molecule has 7 nitrogen and oxygen atoms in total. The molecule has 32 heavy (non-hydrogen) atoms. The second-order valence-electron chi connectivity index (χ2n) is 8.79. The lowest BCUT2D eigenvalue weighted by Gasteiger charge is -2.29. The molecule has 0 atom stereocenters. The van der Waals surface area contributed by atoms with Crippen LogP contribution in [0.25, 0.3) is 11.1 Å². The number of carboxylic acid groups (broad SMARTS) is 1. The summed E-state index contributed by atoms with van der Waals surface area (Å²) in [4.78, 5) is 37.2. The van der Waals surface area contributed by atoms with Gasteiger partial charge in [-0.1, -0.05) is 48.5 Å². The summed E-state index contributed by atoms with van der Waals surface area (Å²) >= 11 is 0. The van der Waals surface area contributed by atoms with Gasteiger partial charge in [-0.15, -0.1) is 0 Å². The van der Waals surface area contributed by atoms with E-state index in [0.717, 1.165) is 22.3 Å². The van der Waals surface area contributed by atoms with Crippen LogP contribution in [0.3, 0.4) is 0 Å². The summed E-state index contributed by atoms with van der Waals surface area (Å²) in [5.74, 6) is -1.08. The van der Waals surface area contributed by atoms with Gasteiger partial charge < -0.3 is 20.1 Å². The van der Waals surface area contributed by atoms with E-state index in [1.54, 1.807) is 20.9 Å². The van der Waals surface area contributed by atoms with Crippen LogP contribution in [0.2, 0.25) is 0 Å². The topological polar surface area (TPSA) is 95.9 Å². The number of ether oxygens (including phenoxy) is 1. The van der Waals surface area contributed by atoms with E-state index < -0.39 is 17.5 Å². The van der Waals surface area contributed by atoms with Crippen molar-refractivity contribution in [2.45, 2.75) is 32.6 Å². The quantitative estimate of drug-likeness (QED) is 0.620. The number of fused-ring (bicyclic) bond motifs is 3. The van der Waals surface area contributed by atoms with Gasteiger partial charge in [0.15, 0.2) is 0 Å². The number of carboxylic acids is 1. The van der Waals surface area contributed by atoms with Crippen molar-refractivity contribution in [2.75, 3.05) is 26.7 Å². The number of carbonyl (C=O) groups excluding carboxylic acids is 2. The molecule has 170 valence electrons. The summed E-state index contributed by atoms with van der Waals surface area (Å²) in [7, 11) is 1.64. The normalized spacial score (nSPS) is 12.6. The van der Waals surface area contributed by atoms with Crippen molar-refractivity contribution in [3.63, 3.8) is 0 Å². The Bertz CT molecular complexity index is 956. The first-order valence-electron chi connectivity index (χ1n) is 10.8. The molecule has 2 aromatic rings. The van der Waals surface area contributed by atoms with E-state index in [-0.39, 0.29) is 31.4 Å². The molecule has 2 amide bonds. The third-order valence-electron chi connectivity index (χ3n) is 5.83. The second kappa shape index (κ2) is 9.85. The fourth-order valence-electron chi connectivity index (χ4n) is 4.10. The zero-order valence-electron chi connectivity index (χ0n) is 18.8. The van der Waals surface area contributed by atoms with Gasteiger partial charge >= 0.3 is 12.1 Å². The Morgan fingerprint density at radius 3 is 2.16 bits per heavy atom. The van der Waals surface area contributed by atoms with Gasteiger partial charge in [-0.05, 0) is 42.5 Å². The number of aliphatic carboxylic acids is 1. The molecule has 0 unspecified atom stereocenters. The highest BCUT2D eigenvalue weighted by Crippen LogP contribution is 2.44. The molecular formula is C25H30N2O5. The van der Waals surface area contributed by atoms with Crippen LogP contribution >= 0.6 is 0 Å². The minimum atomic E-state index is -0.887. The number of nitrogens with zero attached hydrogens (tertiary/aromatic N) is 1. The largest absolute Gasteiger partial charge is 0.481 e. The summed E-state index contributed by atoms with van der Waals surface area (Å²) < 4.78 is 5.53. The summed E-state index contributed by atoms with van der Waals surface area (Å²) in [5, 5.41) is 11.4. The molecule has 0 heterocycles. The predicted octanol–water partition coefficient (Wildman–Crippen LogP) is 3.87. The fourth-order valence-corrected chi connectivity index (χ4v) is 4.10. The number of rotatable bonds is 9. The lowest BCUT2D eigenvalue weighted by molar-refractivity contribution is -0.140. The minimum Gasteiger partial charge on any atom is -0.481 e. The highest BCUT2D eigenvalue weighted by molar-refractivity contribution is 5.83. The molecular weight excluding hydrogens is 408 g/mol. The van der Waals surface area contributed by atoms with Crippen molar-refractivity contribution in [3.8, 4) is 11.1 Å². The van der Waals surface area contributed by atoms with Crippen molar-refractivity contribution in [2.24, 2.45) is 5.41 Å². The average Bonchev–Trinajstić information content (AvgIpc) is 3.09. The van der Waals surface area contributed by atoms with Crippen molar-refractivity contribution >= 4 is 18.0 Å². The maximum Gasteiger partial charge on any atom is 0.407 e. The van der Waals surface area contributed by atoms with E-state index in [1.165, 1.54) is 4.90 Å². The number of nitrogens with one attached hydrogen (secondary N) is 1. The van der Waals surface area contributed by atoms with Crippen LogP contribution in [-0.4, -0.2) is 54.7 Å². The lowest BCUT2D eigenvalue weighted by Crippen LogP contribution is -2.46. The Hall–Kier alpha value is -3.35. The van der Waals surface area contributed by atoms with E-state index in [1.807, 2.05) is 24.3 Å². The molecule has 3 rings (SSSR count). The molecule has 7 heteroatoms. The Labute approximate surface area is 188 Å². The van der Waals surface area contributed by atoms with Crippen LogP contribution in [0.15, 0.2) is 48.5 Å². The van der Waals surface area contributed by atoms with E-state index in [9.17, 15) is 14.4 Å². The van der Waals surface area contributed by atoms with Crippen molar-refractivity contribution in [3.05, 3.63) is 59.7 Å². The van der Waals surface area contributed by atoms with Crippen molar-refractivity contribution < 1.29 is 24.2 Å². The molecule has 0 fully saturated rings. The number of hydrogen-bond donors (Lipinski definition) is 2. The third-order valence-corrected chi connectivity index (χ3v) is 5.83. The van der Waals surface area contributed by atoms with Gasteiger partial charge in [0.25, 0.3) is 0 Å². The number of carbonyl (C=O) groups is 3. The molecule has 1 aliphatic carbocycles. The molecule has 2 N–H and O–H groups in total. The molecule has 0 radical (unpaired) electrons. The molecule has 0 spiro atoms. The van der Waals surface area contributed by atoms with Crippen LogP contribution < -0.4 is 5.32 Å². The van der Waals surface area contributed by atoms with Crippen LogP contribution in [-0.2, 0) is 14.3 Å². The second-order valence-corrected chi connectivity index (χ2v) is 8.79. The van der Waals surface area contributed by atoms with Crippen LogP contribution in [0.1, 0.15) is 43.7 Å². The molecule has 0 bridgehead atoms. The molecule has 1 aliphatic rings. The molecule has 0 saturated carbocycles. The average molecular weight is 439 g/mol. The van der Waals surface area contributed by atoms with Crippen molar-refractivity contribution in [1.29, 1.82) is 0 Å². The summed E-state index contributed by atoms with van der Waals surface area (Å²) in [6.45, 7) is 4.16. The zero-order valence-corrected chi connectivity index (χ0v) is 18.8. The highest BCUT2D eigenvalue weighted by atomic mass is 16.5. The van der Waals surface area contributed by atoms with Gasteiger partial charge in [-0.3, -0.25) is 9.59 Å². The number of benzene rings is 2. The predicted molar refractivity (Wildman–Crippen MR) is 121 cm³/mol. The van der Waals surface area contributed by atoms with Crippen LogP contribution in [0.4, 0.5) is 4.79 Å². The van der Waals surface area contributed by atoms with E-state index >= 15 is 0 Å². The molecule has 0 saturated heterocycles. The van der Waals surface area contributed by atoms with Gasteiger partial charge in [0, 0.05) is 32.5 Å². The molecule has 2 aromatic carbocycles. The van der Waals surface area contributed by atoms with Crippen molar-refractivity contribution in [1.82, 2.24) is 10.2 Å². The van der Waals surface area contributed by atoms with Crippen LogP contribution in [0.5, 0.6) is 0 Å². The highest BCUT2D eigenvalue weighted by Gasteiger charge is 2.32. The Kier molecular flexibility index (Phi) is 7.18. The van der Waals surface area contributed by atoms with Gasteiger partial charge in [0.05, 0.1) is 5.41 Å². The Morgan fingerprint density at radius 1 is 1.03 bits per heavy atom. The third kappa shape index (κ3) is 5.28. The first-order chi connectivity index (χ1) is 15.2. The van der Waals surface area contributed by atoms with Crippen LogP contribution in [0, 0.1) is 5.41 Å². The maximum atomic E-state index is 12.7. The maximum absolute atomic E-state index is 12.7. The molecule has 0 aromatic heterocycles. The summed E-state index contributed by atoms with van der Waals surface area (Å²) in [6.07, 6.45) is -0.176. The first kappa shape index (κ1) is 23.3. The SMILES string of the molecule is CN(CCCC(=O)O)C(=O)C(C)(C)CNC(=O)OCC1c2ccccc2-c2ccccc21. The van der Waals surface area contributed by atoms with Gasteiger partial charge in [-0.25, -0.2) is 4.79 Å². The Balaban J connectivity index is 1.53. The fraction of sp³-hybridized carbons (Fsp3) is 0.400. The van der Waals surface area contributed by atoms with Gasteiger partial charge in [0.1, 0.15) is 6.61 Å². The first-order valence-corrected chi connectivity index (χ1v) is 10.8. The number of hydrogen-bond acceptors (Lipinski definition) is 4. The van der Waals surface area contributed by atoms with E-state index in [0.29, 0.717) is 13.0 Å². The van der Waals surface area contributed by atoms with E-state index in [2.05, 4.69) is 29.6 Å². The summed E-state index contributed by atoms with van der Waals surface area (Å²) in [6, 6.07) is 16.3. The van der Waals surface area contributed by atoms with Gasteiger partial charge in [0.2, 0.25) is 5.91 Å². The smallest absolute Gasteiger partial charge is 0.407 e. The lowest BCUT2D eigenvalue weighted by atomic mass is 9.91. The standard InChI is InChI=1S/C25H30N2O5/c1-25(2,23(30)27(3)14-8-13-22(28)29)16-26-24(31)32-15-21-19-11-6-4-9-17(19)18-10-5-7-12-20(18)21/h4-7,9-12,21H,8,13-16H2,1-3H3,(H,26,31)(H,28,29). The Morgan fingerprint density at radius 2 is 1.59 bits per heavy atom. The molecule has 0 aliphatic heterocycles. The summed E-state index contributed by atoms with van der Waals surface area (Å²) in [5.41, 5.74) is 3.76. The van der Waals surface area contributed by atoms with Gasteiger partial charge in [-0.2, -0.15) is 0 Å². The van der Waals surface area contributed by atoms with E-state index in [4.69, 9.17) is 9.84 Å². The number of amides is 2. The minimum absolute atomic E-state index is 0.00997. The monoisotopic (exact) mass is 438 g/mol. The number of alkyl carbamates (subject to hydrolysis) is 1. The zero-order chi connectivity index (χ0) is 23.3.